The highest BCUT2D eigenvalue weighted by atomic mass is 35.5. The summed E-state index contributed by atoms with van der Waals surface area (Å²) in [6, 6.07) is 3.60. The van der Waals surface area contributed by atoms with Crippen molar-refractivity contribution in [3.8, 4) is 0 Å². The lowest BCUT2D eigenvalue weighted by Gasteiger charge is -2.13. The van der Waals surface area contributed by atoms with Gasteiger partial charge in [0.1, 0.15) is 17.9 Å². The maximum atomic E-state index is 12.8. The summed E-state index contributed by atoms with van der Waals surface area (Å²) in [6.45, 7) is 5.47. The zero-order valence-corrected chi connectivity index (χ0v) is 15.7. The first-order valence-corrected chi connectivity index (χ1v) is 9.13. The molecule has 3 aromatic rings. The largest absolute Gasteiger partial charge is 0.392 e. The summed E-state index contributed by atoms with van der Waals surface area (Å²) in [5.74, 6) is 0.359. The SMILES string of the molecule is CC(C)c1nn(CC(=O)NC[C@@H](C)O)c(=O)c2cc3sc(Cl)cc3n12. The number of halogens is 1. The summed E-state index contributed by atoms with van der Waals surface area (Å²) in [5.41, 5.74) is 0.986. The molecule has 0 aromatic carbocycles. The maximum absolute atomic E-state index is 12.8. The first-order valence-electron chi connectivity index (χ1n) is 7.94. The predicted molar refractivity (Wildman–Crippen MR) is 98.6 cm³/mol. The Kier molecular flexibility index (Phi) is 4.86. The molecule has 0 aliphatic heterocycles. The van der Waals surface area contributed by atoms with E-state index < -0.39 is 6.10 Å². The number of carbonyl (C=O) groups excluding carboxylic acids is 1. The van der Waals surface area contributed by atoms with Gasteiger partial charge in [-0.25, -0.2) is 4.68 Å². The quantitative estimate of drug-likeness (QED) is 0.706. The Morgan fingerprint density at radius 2 is 2.08 bits per heavy atom. The molecule has 7 nitrogen and oxygen atoms in total. The van der Waals surface area contributed by atoms with Gasteiger partial charge in [-0.2, -0.15) is 5.10 Å². The van der Waals surface area contributed by atoms with Gasteiger partial charge in [0, 0.05) is 12.5 Å². The fraction of sp³-hybridized carbons (Fsp3) is 0.438. The van der Waals surface area contributed by atoms with Gasteiger partial charge in [0.05, 0.1) is 20.7 Å². The molecule has 0 aliphatic carbocycles. The van der Waals surface area contributed by atoms with Gasteiger partial charge < -0.3 is 10.4 Å². The minimum absolute atomic E-state index is 0.0455. The van der Waals surface area contributed by atoms with Crippen LogP contribution in [0.15, 0.2) is 16.9 Å². The van der Waals surface area contributed by atoms with Crippen molar-refractivity contribution in [3.63, 3.8) is 0 Å². The zero-order valence-electron chi connectivity index (χ0n) is 14.1. The Morgan fingerprint density at radius 1 is 1.36 bits per heavy atom. The number of aliphatic hydroxyl groups is 1. The molecule has 0 fully saturated rings. The van der Waals surface area contributed by atoms with Crippen LogP contribution < -0.4 is 10.9 Å². The van der Waals surface area contributed by atoms with E-state index >= 15 is 0 Å². The van der Waals surface area contributed by atoms with Crippen LogP contribution in [0.1, 0.15) is 32.5 Å². The van der Waals surface area contributed by atoms with E-state index in [0.717, 1.165) is 10.2 Å². The molecular weight excluding hydrogens is 364 g/mol. The normalized spacial score (nSPS) is 13.0. The first kappa shape index (κ1) is 17.9. The fourth-order valence-electron chi connectivity index (χ4n) is 2.65. The summed E-state index contributed by atoms with van der Waals surface area (Å²) >= 11 is 7.48. The van der Waals surface area contributed by atoms with E-state index in [1.165, 1.54) is 16.0 Å². The zero-order chi connectivity index (χ0) is 18.3. The predicted octanol–water partition coefficient (Wildman–Crippen LogP) is 1.98. The molecule has 0 saturated heterocycles. The number of fused-ring (bicyclic) bond motifs is 3. The average Bonchev–Trinajstić information content (AvgIpc) is 3.04. The molecule has 0 spiro atoms. The topological polar surface area (TPSA) is 88.6 Å². The Morgan fingerprint density at radius 3 is 2.72 bits per heavy atom. The number of nitrogens with one attached hydrogen (secondary N) is 1. The third-order valence-corrected chi connectivity index (χ3v) is 4.97. The number of hydrogen-bond acceptors (Lipinski definition) is 5. The highest BCUT2D eigenvalue weighted by molar-refractivity contribution is 7.22. The Bertz CT molecular complexity index is 1000. The van der Waals surface area contributed by atoms with E-state index in [1.54, 1.807) is 13.0 Å². The van der Waals surface area contributed by atoms with Gasteiger partial charge in [-0.15, -0.1) is 11.3 Å². The average molecular weight is 383 g/mol. The van der Waals surface area contributed by atoms with E-state index in [9.17, 15) is 14.7 Å². The third kappa shape index (κ3) is 3.42. The van der Waals surface area contributed by atoms with Crippen LogP contribution in [0.2, 0.25) is 4.34 Å². The van der Waals surface area contributed by atoms with E-state index in [4.69, 9.17) is 11.6 Å². The summed E-state index contributed by atoms with van der Waals surface area (Å²) in [6.07, 6.45) is -0.649. The van der Waals surface area contributed by atoms with Gasteiger partial charge in [-0.05, 0) is 19.1 Å². The number of aromatic nitrogens is 3. The highest BCUT2D eigenvalue weighted by Crippen LogP contribution is 2.32. The fourth-order valence-corrected chi connectivity index (χ4v) is 3.81. The molecule has 3 rings (SSSR count). The molecule has 1 atom stereocenters. The molecule has 134 valence electrons. The molecule has 0 aliphatic rings. The summed E-state index contributed by atoms with van der Waals surface area (Å²) in [5, 5.41) is 16.2. The lowest BCUT2D eigenvalue weighted by atomic mass is 10.2. The lowest BCUT2D eigenvalue weighted by molar-refractivity contribution is -0.122. The number of carbonyl (C=O) groups is 1. The van der Waals surface area contributed by atoms with Crippen LogP contribution in [0.4, 0.5) is 0 Å². The molecule has 9 heteroatoms. The molecule has 0 radical (unpaired) electrons. The van der Waals surface area contributed by atoms with Gasteiger partial charge in [0.25, 0.3) is 5.56 Å². The smallest absolute Gasteiger partial charge is 0.291 e. The van der Waals surface area contributed by atoms with Crippen LogP contribution in [0.5, 0.6) is 0 Å². The van der Waals surface area contributed by atoms with Crippen LogP contribution in [0, 0.1) is 0 Å². The molecule has 2 N–H and O–H groups in total. The number of aliphatic hydroxyl groups excluding tert-OH is 1. The van der Waals surface area contributed by atoms with E-state index in [1.807, 2.05) is 24.3 Å². The Balaban J connectivity index is 2.10. The maximum Gasteiger partial charge on any atom is 0.291 e. The second-order valence-corrected chi connectivity index (χ2v) is 8.01. The third-order valence-electron chi connectivity index (χ3n) is 3.77. The van der Waals surface area contributed by atoms with Gasteiger partial charge in [0.15, 0.2) is 0 Å². The number of hydrogen-bond donors (Lipinski definition) is 2. The summed E-state index contributed by atoms with van der Waals surface area (Å²) < 4.78 is 4.54. The molecular formula is C16H19ClN4O3S. The summed E-state index contributed by atoms with van der Waals surface area (Å²) in [4.78, 5) is 24.8. The van der Waals surface area contributed by atoms with Crippen LogP contribution in [0.3, 0.4) is 0 Å². The number of nitrogens with zero attached hydrogens (tertiary/aromatic N) is 3. The van der Waals surface area contributed by atoms with Crippen molar-refractivity contribution in [2.24, 2.45) is 0 Å². The van der Waals surface area contributed by atoms with Crippen LogP contribution in [-0.2, 0) is 11.3 Å². The van der Waals surface area contributed by atoms with Crippen molar-refractivity contribution in [2.45, 2.75) is 39.3 Å². The second kappa shape index (κ2) is 6.78. The van der Waals surface area contributed by atoms with Gasteiger partial charge in [-0.3, -0.25) is 14.0 Å². The monoisotopic (exact) mass is 382 g/mol. The van der Waals surface area contributed by atoms with Crippen molar-refractivity contribution in [3.05, 3.63) is 32.6 Å². The first-order chi connectivity index (χ1) is 11.8. The van der Waals surface area contributed by atoms with Crippen molar-refractivity contribution < 1.29 is 9.90 Å². The molecule has 25 heavy (non-hydrogen) atoms. The van der Waals surface area contributed by atoms with Gasteiger partial charge in [0.2, 0.25) is 5.91 Å². The van der Waals surface area contributed by atoms with E-state index in [2.05, 4.69) is 10.4 Å². The molecule has 0 bridgehead atoms. The number of amides is 1. The van der Waals surface area contributed by atoms with Crippen molar-refractivity contribution in [1.29, 1.82) is 0 Å². The molecule has 3 aromatic heterocycles. The second-order valence-electron chi connectivity index (χ2n) is 6.29. The Hall–Kier alpha value is -1.90. The van der Waals surface area contributed by atoms with Gasteiger partial charge in [-0.1, -0.05) is 25.4 Å². The van der Waals surface area contributed by atoms with Crippen LogP contribution >= 0.6 is 22.9 Å². The van der Waals surface area contributed by atoms with Crippen molar-refractivity contribution in [1.82, 2.24) is 19.5 Å². The molecule has 1 amide bonds. The number of thiophene rings is 1. The van der Waals surface area contributed by atoms with Gasteiger partial charge >= 0.3 is 0 Å². The summed E-state index contributed by atoms with van der Waals surface area (Å²) in [7, 11) is 0. The van der Waals surface area contributed by atoms with Crippen LogP contribution in [0.25, 0.3) is 15.7 Å². The van der Waals surface area contributed by atoms with Crippen LogP contribution in [-0.4, -0.2) is 37.8 Å². The highest BCUT2D eigenvalue weighted by Gasteiger charge is 2.19. The number of rotatable bonds is 5. The van der Waals surface area contributed by atoms with Crippen molar-refractivity contribution >= 4 is 44.6 Å². The van der Waals surface area contributed by atoms with E-state index in [0.29, 0.717) is 15.7 Å². The van der Waals surface area contributed by atoms with E-state index in [-0.39, 0.29) is 30.5 Å². The molecule has 0 saturated carbocycles. The molecule has 3 heterocycles. The standard InChI is InChI=1S/C16H19ClN4O3S/c1-8(2)15-19-20(7-14(23)18-6-9(3)22)16(24)11-4-12-10(21(11)15)5-13(17)25-12/h4-5,8-9,22H,6-7H2,1-3H3,(H,18,23)/t9-/m1/s1. The van der Waals surface area contributed by atoms with Crippen molar-refractivity contribution in [2.75, 3.05) is 6.54 Å². The minimum atomic E-state index is -0.649. The lowest BCUT2D eigenvalue weighted by Crippen LogP contribution is -2.37. The minimum Gasteiger partial charge on any atom is -0.392 e. The Labute approximate surface area is 152 Å². The molecule has 0 unspecified atom stereocenters.